The Kier molecular flexibility index (Phi) is 3.59. The lowest BCUT2D eigenvalue weighted by molar-refractivity contribution is 1.70. The zero-order chi connectivity index (χ0) is 19.3. The summed E-state index contributed by atoms with van der Waals surface area (Å²) in [5.41, 5.74) is 2.83. The van der Waals surface area contributed by atoms with Crippen LogP contribution in [0.2, 0.25) is 0 Å². The van der Waals surface area contributed by atoms with Gasteiger partial charge in [0, 0.05) is 0 Å². The van der Waals surface area contributed by atoms with Crippen LogP contribution >= 0.6 is 0 Å². The van der Waals surface area contributed by atoms with Crippen molar-refractivity contribution in [2.75, 3.05) is 0 Å². The van der Waals surface area contributed by atoms with Crippen molar-refractivity contribution in [1.29, 1.82) is 0 Å². The van der Waals surface area contributed by atoms with Crippen molar-refractivity contribution in [2.24, 2.45) is 0 Å². The molecule has 1 heteroatoms. The molecule has 1 heterocycles. The minimum Gasteiger partial charge on any atom is -0.0623 e. The van der Waals surface area contributed by atoms with Crippen molar-refractivity contribution < 1.29 is 0 Å². The fraction of sp³-hybridized carbons (Fsp3) is 0. The smallest absolute Gasteiger partial charge is 0.0623 e. The molecule has 0 N–H and O–H groups in total. The molecule has 0 atom stereocenters. The van der Waals surface area contributed by atoms with Gasteiger partial charge in [0.05, 0.1) is 0 Å². The van der Waals surface area contributed by atoms with E-state index in [2.05, 4.69) is 121 Å². The van der Waals surface area contributed by atoms with Gasteiger partial charge in [0.1, 0.15) is 0 Å². The molecule has 0 spiro atoms. The average molecular weight is 385 g/mol. The van der Waals surface area contributed by atoms with E-state index in [-0.39, 0.29) is 0 Å². The quantitative estimate of drug-likeness (QED) is 0.393. The SMILES string of the molecule is c1ccc([Si]2(c3ccccc3)c3ccccc3-c3c2ccc2ccccc32)cc1. The highest BCUT2D eigenvalue weighted by atomic mass is 28.3. The maximum absolute atomic E-state index is 2.41. The first-order chi connectivity index (χ1) is 14.4. The molecule has 29 heavy (non-hydrogen) atoms. The third kappa shape index (κ3) is 2.19. The van der Waals surface area contributed by atoms with Crippen LogP contribution in [0.3, 0.4) is 0 Å². The van der Waals surface area contributed by atoms with Crippen LogP contribution in [0, 0.1) is 0 Å². The Morgan fingerprint density at radius 3 is 1.72 bits per heavy atom. The van der Waals surface area contributed by atoms with Crippen LogP contribution in [-0.4, -0.2) is 8.07 Å². The molecule has 0 fully saturated rings. The van der Waals surface area contributed by atoms with Crippen molar-refractivity contribution >= 4 is 39.6 Å². The molecule has 0 bridgehead atoms. The van der Waals surface area contributed by atoms with E-state index in [0.29, 0.717) is 0 Å². The summed E-state index contributed by atoms with van der Waals surface area (Å²) in [5, 5.41) is 8.59. The maximum Gasteiger partial charge on any atom is 0.180 e. The zero-order valence-corrected chi connectivity index (χ0v) is 17.0. The first-order valence-corrected chi connectivity index (χ1v) is 12.1. The summed E-state index contributed by atoms with van der Waals surface area (Å²) < 4.78 is 0. The Balaban J connectivity index is 1.85. The molecular weight excluding hydrogens is 364 g/mol. The summed E-state index contributed by atoms with van der Waals surface area (Å²) in [5.74, 6) is 0. The topological polar surface area (TPSA) is 0 Å². The van der Waals surface area contributed by atoms with Gasteiger partial charge in [-0.05, 0) is 42.6 Å². The van der Waals surface area contributed by atoms with Gasteiger partial charge < -0.3 is 0 Å². The number of hydrogen-bond donors (Lipinski definition) is 0. The van der Waals surface area contributed by atoms with E-state index in [1.165, 1.54) is 42.6 Å². The second kappa shape index (κ2) is 6.30. The van der Waals surface area contributed by atoms with Crippen molar-refractivity contribution in [2.45, 2.75) is 0 Å². The normalized spacial score (nSPS) is 13.8. The molecule has 0 saturated heterocycles. The van der Waals surface area contributed by atoms with Gasteiger partial charge in [0.2, 0.25) is 0 Å². The fourth-order valence-corrected chi connectivity index (χ4v) is 10.4. The number of hydrogen-bond acceptors (Lipinski definition) is 0. The molecule has 5 aromatic carbocycles. The zero-order valence-electron chi connectivity index (χ0n) is 16.0. The number of fused-ring (bicyclic) bond motifs is 5. The molecule has 0 aliphatic carbocycles. The van der Waals surface area contributed by atoms with Crippen molar-refractivity contribution in [3.63, 3.8) is 0 Å². The van der Waals surface area contributed by atoms with Gasteiger partial charge in [-0.3, -0.25) is 0 Å². The Morgan fingerprint density at radius 1 is 0.414 bits per heavy atom. The summed E-state index contributed by atoms with van der Waals surface area (Å²) in [6.45, 7) is 0. The highest BCUT2D eigenvalue weighted by molar-refractivity contribution is 7.22. The summed E-state index contributed by atoms with van der Waals surface area (Å²) in [7, 11) is -2.34. The van der Waals surface area contributed by atoms with Crippen LogP contribution in [0.1, 0.15) is 0 Å². The van der Waals surface area contributed by atoms with Crippen LogP contribution < -0.4 is 20.7 Å². The molecule has 1 aliphatic rings. The van der Waals surface area contributed by atoms with E-state index >= 15 is 0 Å². The van der Waals surface area contributed by atoms with E-state index in [1.807, 2.05) is 0 Å². The van der Waals surface area contributed by atoms with Crippen LogP contribution in [0.15, 0.2) is 121 Å². The van der Waals surface area contributed by atoms with Gasteiger partial charge in [0.25, 0.3) is 0 Å². The Labute approximate surface area is 172 Å². The lowest BCUT2D eigenvalue weighted by Gasteiger charge is -2.31. The predicted octanol–water partition coefficient (Wildman–Crippen LogP) is 4.20. The summed E-state index contributed by atoms with van der Waals surface area (Å²) in [6.07, 6.45) is 0. The molecule has 1 aliphatic heterocycles. The maximum atomic E-state index is 2.41. The van der Waals surface area contributed by atoms with Crippen LogP contribution in [-0.2, 0) is 0 Å². The van der Waals surface area contributed by atoms with E-state index < -0.39 is 8.07 Å². The Morgan fingerprint density at radius 2 is 1.00 bits per heavy atom. The molecule has 0 unspecified atom stereocenters. The third-order valence-electron chi connectivity index (χ3n) is 6.35. The van der Waals surface area contributed by atoms with Crippen LogP contribution in [0.5, 0.6) is 0 Å². The van der Waals surface area contributed by atoms with E-state index in [9.17, 15) is 0 Å². The lowest BCUT2D eigenvalue weighted by atomic mass is 9.98. The fourth-order valence-electron chi connectivity index (χ4n) is 5.21. The Hall–Kier alpha value is -3.42. The first kappa shape index (κ1) is 16.5. The first-order valence-electron chi connectivity index (χ1n) is 10.1. The molecule has 0 radical (unpaired) electrons. The number of benzene rings is 5. The van der Waals surface area contributed by atoms with Gasteiger partial charge >= 0.3 is 0 Å². The third-order valence-corrected chi connectivity index (χ3v) is 11.2. The summed E-state index contributed by atoms with van der Waals surface area (Å²) >= 11 is 0. The monoisotopic (exact) mass is 384 g/mol. The highest BCUT2D eigenvalue weighted by Gasteiger charge is 2.48. The van der Waals surface area contributed by atoms with Gasteiger partial charge in [-0.15, -0.1) is 0 Å². The van der Waals surface area contributed by atoms with E-state index in [4.69, 9.17) is 0 Å². The molecule has 0 aromatic heterocycles. The largest absolute Gasteiger partial charge is 0.180 e. The molecule has 0 amide bonds. The average Bonchev–Trinajstić information content (AvgIpc) is 3.12. The molecule has 5 aromatic rings. The van der Waals surface area contributed by atoms with Crippen molar-refractivity contribution in [3.8, 4) is 11.1 Å². The predicted molar refractivity (Wildman–Crippen MR) is 127 cm³/mol. The van der Waals surface area contributed by atoms with Gasteiger partial charge in [-0.1, -0.05) is 121 Å². The minimum absolute atomic E-state index is 1.31. The number of rotatable bonds is 2. The van der Waals surface area contributed by atoms with Crippen molar-refractivity contribution in [3.05, 3.63) is 121 Å². The molecule has 0 nitrogen and oxygen atoms in total. The second-order valence-electron chi connectivity index (χ2n) is 7.74. The molecule has 6 rings (SSSR count). The summed E-state index contributed by atoms with van der Waals surface area (Å²) in [4.78, 5) is 0. The van der Waals surface area contributed by atoms with Gasteiger partial charge in [-0.25, -0.2) is 0 Å². The van der Waals surface area contributed by atoms with Gasteiger partial charge in [-0.2, -0.15) is 0 Å². The highest BCUT2D eigenvalue weighted by Crippen LogP contribution is 2.34. The van der Waals surface area contributed by atoms with Crippen LogP contribution in [0.25, 0.3) is 21.9 Å². The second-order valence-corrected chi connectivity index (χ2v) is 11.5. The molecule has 0 saturated carbocycles. The van der Waals surface area contributed by atoms with Crippen LogP contribution in [0.4, 0.5) is 0 Å². The minimum atomic E-state index is -2.34. The van der Waals surface area contributed by atoms with E-state index in [0.717, 1.165) is 0 Å². The molecular formula is C28H20Si. The lowest BCUT2D eigenvalue weighted by Crippen LogP contribution is -2.72. The van der Waals surface area contributed by atoms with Gasteiger partial charge in [0.15, 0.2) is 8.07 Å². The van der Waals surface area contributed by atoms with Crippen molar-refractivity contribution in [1.82, 2.24) is 0 Å². The standard InChI is InChI=1S/C28H20Si/c1-3-12-22(13-4-1)29(23-14-5-2-6-15-23)26-18-10-9-17-25(26)28-24-16-8-7-11-21(24)19-20-27(28)29/h1-20H. The summed E-state index contributed by atoms with van der Waals surface area (Å²) in [6, 6.07) is 45.0. The molecule has 136 valence electrons. The Bertz CT molecular complexity index is 1300. The van der Waals surface area contributed by atoms with E-state index in [1.54, 1.807) is 0 Å².